The Kier molecular flexibility index (Phi) is 7.76. The number of nitriles is 1. The quantitative estimate of drug-likeness (QED) is 0.447. The molecule has 6 rings (SSSR count). The predicted molar refractivity (Wildman–Crippen MR) is 159 cm³/mol. The van der Waals surface area contributed by atoms with Gasteiger partial charge in [-0.05, 0) is 24.8 Å². The van der Waals surface area contributed by atoms with Gasteiger partial charge in [0, 0.05) is 86.8 Å². The van der Waals surface area contributed by atoms with E-state index in [0.717, 1.165) is 89.1 Å². The molecule has 40 heavy (non-hydrogen) atoms. The molecule has 0 bridgehead atoms. The molecule has 3 aromatic rings. The van der Waals surface area contributed by atoms with E-state index in [1.807, 2.05) is 0 Å². The smallest absolute Gasteiger partial charge is 0.234 e. The van der Waals surface area contributed by atoms with Crippen molar-refractivity contribution in [2.24, 2.45) is 0 Å². The van der Waals surface area contributed by atoms with Gasteiger partial charge in [0.25, 0.3) is 0 Å². The molecule has 8 heteroatoms. The number of rotatable bonds is 7. The van der Waals surface area contributed by atoms with Crippen molar-refractivity contribution in [2.75, 3.05) is 82.0 Å². The monoisotopic (exact) mass is 538 g/mol. The first-order chi connectivity index (χ1) is 19.6. The minimum Gasteiger partial charge on any atom is -0.475 e. The van der Waals surface area contributed by atoms with Crippen LogP contribution in [0.1, 0.15) is 23.6 Å². The van der Waals surface area contributed by atoms with Crippen LogP contribution in [0.25, 0.3) is 10.8 Å². The Morgan fingerprint density at radius 2 is 1.75 bits per heavy atom. The van der Waals surface area contributed by atoms with Crippen molar-refractivity contribution < 1.29 is 9.47 Å². The number of benzene rings is 2. The van der Waals surface area contributed by atoms with Crippen LogP contribution in [-0.2, 0) is 17.7 Å². The fourth-order valence-electron chi connectivity index (χ4n) is 6.16. The molecule has 3 aliphatic heterocycles. The lowest BCUT2D eigenvalue weighted by Gasteiger charge is -2.39. The van der Waals surface area contributed by atoms with Gasteiger partial charge in [-0.3, -0.25) is 4.90 Å². The second kappa shape index (κ2) is 11.7. The highest BCUT2D eigenvalue weighted by Gasteiger charge is 2.30. The van der Waals surface area contributed by atoms with E-state index in [0.29, 0.717) is 24.6 Å². The highest BCUT2D eigenvalue weighted by molar-refractivity contribution is 5.94. The molecule has 0 N–H and O–H groups in total. The molecule has 2 fully saturated rings. The molecule has 2 aromatic carbocycles. The van der Waals surface area contributed by atoms with Crippen LogP contribution in [0.2, 0.25) is 0 Å². The van der Waals surface area contributed by atoms with Crippen LogP contribution in [0, 0.1) is 11.3 Å². The molecule has 0 radical (unpaired) electrons. The minimum absolute atomic E-state index is 0.464. The zero-order chi connectivity index (χ0) is 27.5. The summed E-state index contributed by atoms with van der Waals surface area (Å²) in [6.45, 7) is 15.9. The van der Waals surface area contributed by atoms with E-state index >= 15 is 0 Å². The normalized spacial score (nSPS) is 17.9. The third kappa shape index (κ3) is 5.32. The predicted octanol–water partition coefficient (Wildman–Crippen LogP) is 4.04. The van der Waals surface area contributed by atoms with E-state index in [-0.39, 0.29) is 0 Å². The molecule has 0 atom stereocenters. The maximum atomic E-state index is 10.4. The van der Waals surface area contributed by atoms with E-state index < -0.39 is 0 Å². The van der Waals surface area contributed by atoms with Crippen molar-refractivity contribution >= 4 is 22.3 Å². The Morgan fingerprint density at radius 3 is 2.52 bits per heavy atom. The maximum Gasteiger partial charge on any atom is 0.234 e. The van der Waals surface area contributed by atoms with E-state index in [2.05, 4.69) is 81.6 Å². The van der Waals surface area contributed by atoms with Crippen LogP contribution in [0.3, 0.4) is 0 Å². The zero-order valence-corrected chi connectivity index (χ0v) is 23.4. The fourth-order valence-corrected chi connectivity index (χ4v) is 6.16. The number of hydrogen-bond donors (Lipinski definition) is 0. The van der Waals surface area contributed by atoms with Crippen molar-refractivity contribution in [1.82, 2.24) is 14.8 Å². The summed E-state index contributed by atoms with van der Waals surface area (Å²) in [7, 11) is 0. The number of anilines is 2. The molecule has 2 saturated heterocycles. The summed E-state index contributed by atoms with van der Waals surface area (Å²) in [4.78, 5) is 14.5. The van der Waals surface area contributed by atoms with Gasteiger partial charge in [0.2, 0.25) is 5.88 Å². The average Bonchev–Trinajstić information content (AvgIpc) is 3.00. The number of allylic oxidation sites excluding steroid dienone is 1. The summed E-state index contributed by atoms with van der Waals surface area (Å²) in [5, 5.41) is 12.9. The van der Waals surface area contributed by atoms with Gasteiger partial charge in [-0.25, -0.2) is 0 Å². The molecule has 0 unspecified atom stereocenters. The zero-order valence-electron chi connectivity index (χ0n) is 23.4. The highest BCUT2D eigenvalue weighted by Crippen LogP contribution is 2.38. The van der Waals surface area contributed by atoms with E-state index in [1.165, 1.54) is 22.0 Å². The molecule has 208 valence electrons. The Bertz CT molecular complexity index is 1410. The van der Waals surface area contributed by atoms with Crippen LogP contribution in [0.5, 0.6) is 5.88 Å². The lowest BCUT2D eigenvalue weighted by molar-refractivity contribution is 0.0320. The molecule has 0 amide bonds. The van der Waals surface area contributed by atoms with Gasteiger partial charge < -0.3 is 24.2 Å². The second-order valence-electron chi connectivity index (χ2n) is 10.9. The number of hydrogen-bond acceptors (Lipinski definition) is 8. The minimum atomic E-state index is 0.464. The highest BCUT2D eigenvalue weighted by atomic mass is 16.5. The Hall–Kier alpha value is -3.80. The van der Waals surface area contributed by atoms with Crippen molar-refractivity contribution in [3.63, 3.8) is 0 Å². The molecule has 0 spiro atoms. The topological polar surface area (TPSA) is 68.1 Å². The molecular weight excluding hydrogens is 500 g/mol. The molecule has 8 nitrogen and oxygen atoms in total. The molecule has 3 aliphatic rings. The summed E-state index contributed by atoms with van der Waals surface area (Å²) in [6, 6.07) is 17.5. The Morgan fingerprint density at radius 1 is 0.975 bits per heavy atom. The first kappa shape index (κ1) is 26.4. The Labute approximate surface area is 237 Å². The average molecular weight is 539 g/mol. The third-order valence-electron chi connectivity index (χ3n) is 8.43. The maximum absolute atomic E-state index is 10.4. The van der Waals surface area contributed by atoms with Crippen molar-refractivity contribution in [3.8, 4) is 11.9 Å². The van der Waals surface area contributed by atoms with Crippen LogP contribution in [0.4, 0.5) is 11.5 Å². The number of morpholine rings is 1. The van der Waals surface area contributed by atoms with Crippen LogP contribution in [-0.4, -0.2) is 87.0 Å². The molecule has 4 heterocycles. The third-order valence-corrected chi connectivity index (χ3v) is 8.43. The fraction of sp³-hybridized carbons (Fsp3) is 0.438. The van der Waals surface area contributed by atoms with E-state index in [4.69, 9.17) is 14.5 Å². The number of piperazine rings is 1. The van der Waals surface area contributed by atoms with Gasteiger partial charge in [0.05, 0.1) is 13.2 Å². The summed E-state index contributed by atoms with van der Waals surface area (Å²) < 4.78 is 11.8. The Balaban J connectivity index is 1.33. The molecule has 0 saturated carbocycles. The number of pyridine rings is 1. The van der Waals surface area contributed by atoms with Gasteiger partial charge in [0.1, 0.15) is 24.1 Å². The molecule has 0 aliphatic carbocycles. The van der Waals surface area contributed by atoms with Crippen LogP contribution < -0.4 is 14.5 Å². The van der Waals surface area contributed by atoms with E-state index in [9.17, 15) is 5.26 Å². The SMILES string of the molecule is C=C(C)N1CCN(c2nc(OCCN3CCOCC3)c(C#N)c3c2CCN(c2cccc4ccccc24)C3)CC1. The summed E-state index contributed by atoms with van der Waals surface area (Å²) >= 11 is 0. The number of fused-ring (bicyclic) bond motifs is 2. The largest absolute Gasteiger partial charge is 0.475 e. The summed E-state index contributed by atoms with van der Waals surface area (Å²) in [6.07, 6.45) is 0.838. The summed E-state index contributed by atoms with van der Waals surface area (Å²) in [5.74, 6) is 1.45. The van der Waals surface area contributed by atoms with Crippen molar-refractivity contribution in [3.05, 3.63) is 71.4 Å². The van der Waals surface area contributed by atoms with Gasteiger partial charge in [0.15, 0.2) is 0 Å². The van der Waals surface area contributed by atoms with Crippen LogP contribution in [0.15, 0.2) is 54.7 Å². The van der Waals surface area contributed by atoms with Gasteiger partial charge in [-0.2, -0.15) is 10.2 Å². The summed E-state index contributed by atoms with van der Waals surface area (Å²) in [5.41, 5.74) is 5.13. The van der Waals surface area contributed by atoms with Gasteiger partial charge >= 0.3 is 0 Å². The lowest BCUT2D eigenvalue weighted by atomic mass is 9.94. The van der Waals surface area contributed by atoms with Gasteiger partial charge in [-0.1, -0.05) is 43.0 Å². The number of aromatic nitrogens is 1. The first-order valence-corrected chi connectivity index (χ1v) is 14.4. The van der Waals surface area contributed by atoms with E-state index in [1.54, 1.807) is 0 Å². The van der Waals surface area contributed by atoms with Crippen molar-refractivity contribution in [2.45, 2.75) is 19.9 Å². The van der Waals surface area contributed by atoms with Gasteiger partial charge in [-0.15, -0.1) is 0 Å². The number of ether oxygens (including phenoxy) is 2. The molecule has 1 aromatic heterocycles. The standard InChI is InChI=1S/C32H38N6O2/c1-24(2)36-12-14-37(15-13-36)31-27-10-11-38(30-9-5-7-25-6-3-4-8-26(25)30)23-29(27)28(22-33)32(34-31)40-21-18-35-16-19-39-20-17-35/h3-9H,1,10-21,23H2,2H3. The second-order valence-corrected chi connectivity index (χ2v) is 10.9. The molecular formula is C32H38N6O2. The van der Waals surface area contributed by atoms with Crippen molar-refractivity contribution in [1.29, 1.82) is 5.26 Å². The number of nitrogens with zero attached hydrogens (tertiary/aromatic N) is 6. The lowest BCUT2D eigenvalue weighted by Crippen LogP contribution is -2.46. The van der Waals surface area contributed by atoms with Crippen LogP contribution >= 0.6 is 0 Å². The first-order valence-electron chi connectivity index (χ1n) is 14.4.